The van der Waals surface area contributed by atoms with E-state index in [0.29, 0.717) is 36.9 Å². The highest BCUT2D eigenvalue weighted by Gasteiger charge is 2.34. The van der Waals surface area contributed by atoms with Gasteiger partial charge in [-0.3, -0.25) is 14.2 Å². The summed E-state index contributed by atoms with van der Waals surface area (Å²) in [5, 5.41) is 0.416. The summed E-state index contributed by atoms with van der Waals surface area (Å²) in [4.78, 5) is 43.0. The number of aromatic nitrogens is 1. The molecule has 0 unspecified atom stereocenters. The maximum Gasteiger partial charge on any atom is 0.338 e. The first-order chi connectivity index (χ1) is 16.3. The number of fused-ring (bicyclic) bond motifs is 1. The third kappa shape index (κ3) is 4.47. The minimum atomic E-state index is -0.796. The number of benzene rings is 2. The maximum atomic E-state index is 13.6. The quantitative estimate of drug-likeness (QED) is 0.399. The number of nitrogens with zero attached hydrogens (tertiary/aromatic N) is 2. The molecule has 9 heteroatoms. The number of esters is 2. The molecule has 4 rings (SSSR count). The van der Waals surface area contributed by atoms with Crippen LogP contribution in [0.3, 0.4) is 0 Å². The van der Waals surface area contributed by atoms with Crippen molar-refractivity contribution >= 4 is 41.0 Å². The predicted molar refractivity (Wildman–Crippen MR) is 130 cm³/mol. The molecule has 3 aromatic rings. The van der Waals surface area contributed by atoms with Crippen LogP contribution in [0.15, 0.2) is 69.6 Å². The van der Waals surface area contributed by atoms with Gasteiger partial charge in [0.05, 0.1) is 22.4 Å². The van der Waals surface area contributed by atoms with Gasteiger partial charge in [-0.25, -0.2) is 9.79 Å². The van der Waals surface area contributed by atoms with Gasteiger partial charge >= 0.3 is 11.9 Å². The zero-order chi connectivity index (χ0) is 24.4. The minimum absolute atomic E-state index is 0.183. The number of halogens is 1. The van der Waals surface area contributed by atoms with Crippen LogP contribution in [0.4, 0.5) is 0 Å². The normalized spacial score (nSPS) is 15.5. The van der Waals surface area contributed by atoms with Crippen molar-refractivity contribution < 1.29 is 19.1 Å². The molecule has 0 spiro atoms. The van der Waals surface area contributed by atoms with Crippen molar-refractivity contribution in [3.05, 3.63) is 95.6 Å². The number of thiazole rings is 1. The van der Waals surface area contributed by atoms with Crippen molar-refractivity contribution in [2.24, 2.45) is 4.99 Å². The number of carbonyl (C=O) groups excluding carboxylic acids is 2. The number of hydrogen-bond donors (Lipinski definition) is 0. The Morgan fingerprint density at radius 3 is 2.59 bits per heavy atom. The van der Waals surface area contributed by atoms with Crippen molar-refractivity contribution in [1.29, 1.82) is 0 Å². The van der Waals surface area contributed by atoms with E-state index in [1.54, 1.807) is 68.5 Å². The molecule has 0 amide bonds. The summed E-state index contributed by atoms with van der Waals surface area (Å²) in [5.74, 6) is -0.675. The van der Waals surface area contributed by atoms with E-state index < -0.39 is 18.0 Å². The average molecular weight is 497 g/mol. The van der Waals surface area contributed by atoms with E-state index in [0.717, 1.165) is 0 Å². The highest BCUT2D eigenvalue weighted by Crippen LogP contribution is 2.34. The highest BCUT2D eigenvalue weighted by molar-refractivity contribution is 7.07. The van der Waals surface area contributed by atoms with Crippen LogP contribution in [-0.2, 0) is 14.3 Å². The van der Waals surface area contributed by atoms with E-state index in [9.17, 15) is 14.4 Å². The van der Waals surface area contributed by atoms with Crippen LogP contribution >= 0.6 is 22.9 Å². The lowest BCUT2D eigenvalue weighted by Crippen LogP contribution is -2.40. The van der Waals surface area contributed by atoms with Gasteiger partial charge in [0.1, 0.15) is 11.8 Å². The molecule has 0 radical (unpaired) electrons. The van der Waals surface area contributed by atoms with E-state index in [4.69, 9.17) is 21.1 Å². The highest BCUT2D eigenvalue weighted by atomic mass is 35.5. The molecule has 7 nitrogen and oxygen atoms in total. The van der Waals surface area contributed by atoms with Crippen LogP contribution in [0, 0.1) is 0 Å². The van der Waals surface area contributed by atoms with Crippen molar-refractivity contribution in [2.45, 2.75) is 26.8 Å². The smallest absolute Gasteiger partial charge is 0.338 e. The molecule has 174 valence electrons. The largest absolute Gasteiger partial charge is 0.463 e. The van der Waals surface area contributed by atoms with Gasteiger partial charge in [0.2, 0.25) is 0 Å². The molecule has 0 fully saturated rings. The Labute approximate surface area is 204 Å². The molecule has 1 atom stereocenters. The van der Waals surface area contributed by atoms with Crippen LogP contribution in [0.25, 0.3) is 6.08 Å². The monoisotopic (exact) mass is 496 g/mol. The Balaban J connectivity index is 1.97. The van der Waals surface area contributed by atoms with Crippen LogP contribution in [0.5, 0.6) is 5.75 Å². The Bertz CT molecular complexity index is 1500. The van der Waals surface area contributed by atoms with Gasteiger partial charge in [-0.2, -0.15) is 0 Å². The van der Waals surface area contributed by atoms with Gasteiger partial charge in [0, 0.05) is 17.5 Å². The fourth-order valence-electron chi connectivity index (χ4n) is 3.77. The molecule has 2 aromatic carbocycles. The molecular weight excluding hydrogens is 476 g/mol. The first-order valence-corrected chi connectivity index (χ1v) is 11.7. The molecule has 1 aromatic heterocycles. The zero-order valence-corrected chi connectivity index (χ0v) is 20.3. The standard InChI is InChI=1S/C25H21ClN2O5S/c1-4-32-24(31)21-14(2)27-25-28(22(21)17-10-6-7-11-18(17)26)23(30)20(34-25)13-16-9-5-8-12-19(16)33-15(3)29/h5-13,22H,4H2,1-3H3/b20-13+/t22-/m1/s1. The second-order valence-corrected chi connectivity index (χ2v) is 8.87. The van der Waals surface area contributed by atoms with E-state index >= 15 is 0 Å². The van der Waals surface area contributed by atoms with E-state index in [1.807, 2.05) is 0 Å². The van der Waals surface area contributed by atoms with Gasteiger partial charge < -0.3 is 9.47 Å². The molecule has 1 aliphatic heterocycles. The lowest BCUT2D eigenvalue weighted by atomic mass is 9.96. The fraction of sp³-hybridized carbons (Fsp3) is 0.200. The van der Waals surface area contributed by atoms with Gasteiger partial charge in [0.15, 0.2) is 4.80 Å². The van der Waals surface area contributed by atoms with Gasteiger partial charge in [-0.05, 0) is 37.6 Å². The Hall–Kier alpha value is -3.49. The minimum Gasteiger partial charge on any atom is -0.463 e. The van der Waals surface area contributed by atoms with E-state index in [2.05, 4.69) is 4.99 Å². The number of allylic oxidation sites excluding steroid dienone is 1. The molecule has 1 aliphatic rings. The van der Waals surface area contributed by atoms with Crippen molar-refractivity contribution in [3.8, 4) is 5.75 Å². The molecule has 34 heavy (non-hydrogen) atoms. The van der Waals surface area contributed by atoms with Crippen LogP contribution in [0.1, 0.15) is 37.9 Å². The Morgan fingerprint density at radius 2 is 1.88 bits per heavy atom. The Kier molecular flexibility index (Phi) is 6.81. The third-order valence-corrected chi connectivity index (χ3v) is 6.50. The van der Waals surface area contributed by atoms with Crippen LogP contribution in [-0.4, -0.2) is 23.1 Å². The first-order valence-electron chi connectivity index (χ1n) is 10.5. The van der Waals surface area contributed by atoms with Crippen molar-refractivity contribution in [2.75, 3.05) is 6.61 Å². The number of hydrogen-bond acceptors (Lipinski definition) is 7. The summed E-state index contributed by atoms with van der Waals surface area (Å²) in [6.07, 6.45) is 1.65. The number of rotatable bonds is 5. The molecule has 2 heterocycles. The summed E-state index contributed by atoms with van der Waals surface area (Å²) in [5.41, 5.74) is 1.53. The van der Waals surface area contributed by atoms with Gasteiger partial charge in [-0.15, -0.1) is 0 Å². The number of para-hydroxylation sites is 1. The summed E-state index contributed by atoms with van der Waals surface area (Å²) in [7, 11) is 0. The molecule has 0 aliphatic carbocycles. The second kappa shape index (κ2) is 9.79. The summed E-state index contributed by atoms with van der Waals surface area (Å²) in [6, 6.07) is 13.2. The van der Waals surface area contributed by atoms with Gasteiger partial charge in [-0.1, -0.05) is 59.3 Å². The molecule has 0 N–H and O–H groups in total. The molecular formula is C25H21ClN2O5S. The van der Waals surface area contributed by atoms with Crippen molar-refractivity contribution in [3.63, 3.8) is 0 Å². The molecule has 0 bridgehead atoms. The number of ether oxygens (including phenoxy) is 2. The lowest BCUT2D eigenvalue weighted by molar-refractivity contribution is -0.139. The van der Waals surface area contributed by atoms with Gasteiger partial charge in [0.25, 0.3) is 5.56 Å². The average Bonchev–Trinajstić information content (AvgIpc) is 3.09. The summed E-state index contributed by atoms with van der Waals surface area (Å²) < 4.78 is 12.4. The topological polar surface area (TPSA) is 87.0 Å². The fourth-order valence-corrected chi connectivity index (χ4v) is 5.05. The van der Waals surface area contributed by atoms with Crippen LogP contribution < -0.4 is 19.6 Å². The lowest BCUT2D eigenvalue weighted by Gasteiger charge is -2.25. The van der Waals surface area contributed by atoms with Crippen LogP contribution in [0.2, 0.25) is 5.02 Å². The zero-order valence-electron chi connectivity index (χ0n) is 18.7. The summed E-state index contributed by atoms with van der Waals surface area (Å²) >= 11 is 7.68. The molecule has 0 saturated carbocycles. The molecule has 0 saturated heterocycles. The first kappa shape index (κ1) is 23.7. The van der Waals surface area contributed by atoms with E-state index in [-0.39, 0.29) is 17.7 Å². The third-order valence-electron chi connectivity index (χ3n) is 5.18. The maximum absolute atomic E-state index is 13.6. The number of carbonyl (C=O) groups is 2. The van der Waals surface area contributed by atoms with E-state index in [1.165, 1.54) is 22.8 Å². The Morgan fingerprint density at radius 1 is 1.18 bits per heavy atom. The predicted octanol–water partition coefficient (Wildman–Crippen LogP) is 3.38. The van der Waals surface area contributed by atoms with Crippen molar-refractivity contribution in [1.82, 2.24) is 4.57 Å². The second-order valence-electron chi connectivity index (χ2n) is 7.46. The summed E-state index contributed by atoms with van der Waals surface area (Å²) in [6.45, 7) is 4.92. The SMILES string of the molecule is CCOC(=O)C1=C(C)N=c2s/c(=C/c3ccccc3OC(C)=O)c(=O)n2[C@@H]1c1ccccc1Cl.